The van der Waals surface area contributed by atoms with E-state index in [0.717, 1.165) is 25.7 Å². The maximum absolute atomic E-state index is 12.6. The number of rotatable bonds is 5. The van der Waals surface area contributed by atoms with E-state index in [2.05, 4.69) is 15.6 Å². The Hall–Kier alpha value is -1.33. The van der Waals surface area contributed by atoms with Gasteiger partial charge in [0, 0.05) is 18.3 Å². The number of nitrogens with one attached hydrogen (secondary N) is 2. The molecule has 2 aliphatic carbocycles. The number of pyridine rings is 1. The molecule has 1 spiro atoms. The topological polar surface area (TPSA) is 74.2 Å². The largest absolute Gasteiger partial charge is 0.390 e. The molecule has 0 radical (unpaired) electrons. The molecule has 0 bridgehead atoms. The van der Waals surface area contributed by atoms with E-state index in [1.807, 2.05) is 27.7 Å². The molecule has 0 atom stereocenters. The molecule has 1 aromatic rings. The highest BCUT2D eigenvalue weighted by Gasteiger charge is 2.56. The molecule has 0 aliphatic heterocycles. The zero-order chi connectivity index (χ0) is 18.4. The zero-order valence-electron chi connectivity index (χ0n) is 15.4. The van der Waals surface area contributed by atoms with Crippen molar-refractivity contribution in [3.8, 4) is 0 Å². The Morgan fingerprint density at radius 2 is 2.00 bits per heavy atom. The number of nitrogens with zero attached hydrogens (tertiary/aromatic N) is 1. The molecule has 5 nitrogen and oxygen atoms in total. The van der Waals surface area contributed by atoms with E-state index in [1.165, 1.54) is 6.20 Å². The summed E-state index contributed by atoms with van der Waals surface area (Å²) in [6, 6.07) is 2.10. The summed E-state index contributed by atoms with van der Waals surface area (Å²) >= 11 is 5.96. The summed E-state index contributed by atoms with van der Waals surface area (Å²) in [7, 11) is 0. The SMILES string of the molecule is CC(C)Nc1cc(Cl)ncc1C(=O)NC1CC2(C1)CC(C(C)(C)O)C2. The van der Waals surface area contributed by atoms with Crippen molar-refractivity contribution in [2.24, 2.45) is 11.3 Å². The maximum atomic E-state index is 12.6. The van der Waals surface area contributed by atoms with E-state index in [4.69, 9.17) is 11.6 Å². The Morgan fingerprint density at radius 1 is 1.36 bits per heavy atom. The minimum absolute atomic E-state index is 0.106. The van der Waals surface area contributed by atoms with Crippen LogP contribution in [0.1, 0.15) is 63.7 Å². The van der Waals surface area contributed by atoms with Crippen molar-refractivity contribution in [3.05, 3.63) is 23.0 Å². The van der Waals surface area contributed by atoms with Gasteiger partial charge in [0.25, 0.3) is 5.91 Å². The van der Waals surface area contributed by atoms with Gasteiger partial charge in [-0.25, -0.2) is 4.98 Å². The van der Waals surface area contributed by atoms with Gasteiger partial charge in [-0.2, -0.15) is 0 Å². The highest BCUT2D eigenvalue weighted by Crippen LogP contribution is 2.61. The van der Waals surface area contributed by atoms with Gasteiger partial charge in [0.05, 0.1) is 16.9 Å². The summed E-state index contributed by atoms with van der Waals surface area (Å²) < 4.78 is 0. The van der Waals surface area contributed by atoms with Crippen molar-refractivity contribution < 1.29 is 9.90 Å². The molecule has 1 aromatic heterocycles. The van der Waals surface area contributed by atoms with Gasteiger partial charge in [0.1, 0.15) is 5.15 Å². The lowest BCUT2D eigenvalue weighted by Crippen LogP contribution is -2.59. The molecule has 138 valence electrons. The third-order valence-electron chi connectivity index (χ3n) is 5.61. The fourth-order valence-electron chi connectivity index (χ4n) is 4.21. The average molecular weight is 366 g/mol. The minimum atomic E-state index is -0.591. The smallest absolute Gasteiger partial charge is 0.255 e. The number of carbonyl (C=O) groups is 1. The summed E-state index contributed by atoms with van der Waals surface area (Å²) in [5.74, 6) is 0.275. The van der Waals surface area contributed by atoms with Gasteiger partial charge in [-0.15, -0.1) is 0 Å². The average Bonchev–Trinajstić information content (AvgIpc) is 2.37. The fourth-order valence-corrected chi connectivity index (χ4v) is 4.37. The molecule has 6 heteroatoms. The first kappa shape index (κ1) is 18.5. The molecule has 25 heavy (non-hydrogen) atoms. The van der Waals surface area contributed by atoms with Gasteiger partial charge < -0.3 is 15.7 Å². The zero-order valence-corrected chi connectivity index (χ0v) is 16.2. The second-order valence-electron chi connectivity index (χ2n) is 8.69. The summed E-state index contributed by atoms with van der Waals surface area (Å²) in [5.41, 5.74) is 0.987. The highest BCUT2D eigenvalue weighted by molar-refractivity contribution is 6.29. The predicted molar refractivity (Wildman–Crippen MR) is 99.9 cm³/mol. The Labute approximate surface area is 154 Å². The normalized spacial score (nSPS) is 28.4. The number of aliphatic hydroxyl groups is 1. The second-order valence-corrected chi connectivity index (χ2v) is 9.08. The summed E-state index contributed by atoms with van der Waals surface area (Å²) in [5, 5.41) is 16.8. The fraction of sp³-hybridized carbons (Fsp3) is 0.684. The molecule has 2 saturated carbocycles. The summed E-state index contributed by atoms with van der Waals surface area (Å²) in [4.78, 5) is 16.7. The van der Waals surface area contributed by atoms with Crippen LogP contribution in [0.2, 0.25) is 5.15 Å². The predicted octanol–water partition coefficient (Wildman–Crippen LogP) is 3.61. The maximum Gasteiger partial charge on any atom is 0.255 e. The Kier molecular flexibility index (Phi) is 4.75. The van der Waals surface area contributed by atoms with Crippen LogP contribution in [0.3, 0.4) is 0 Å². The van der Waals surface area contributed by atoms with Crippen molar-refractivity contribution >= 4 is 23.2 Å². The van der Waals surface area contributed by atoms with Crippen LogP contribution in [0.4, 0.5) is 5.69 Å². The number of hydrogen-bond acceptors (Lipinski definition) is 4. The number of hydrogen-bond donors (Lipinski definition) is 3. The monoisotopic (exact) mass is 365 g/mol. The molecular formula is C19H28ClN3O2. The van der Waals surface area contributed by atoms with Gasteiger partial charge in [0.15, 0.2) is 0 Å². The number of carbonyl (C=O) groups excluding carboxylic acids is 1. The van der Waals surface area contributed by atoms with Crippen LogP contribution in [0, 0.1) is 11.3 Å². The number of halogens is 1. The van der Waals surface area contributed by atoms with Gasteiger partial charge in [-0.3, -0.25) is 4.79 Å². The van der Waals surface area contributed by atoms with E-state index in [9.17, 15) is 9.90 Å². The van der Waals surface area contributed by atoms with Gasteiger partial charge >= 0.3 is 0 Å². The first-order valence-electron chi connectivity index (χ1n) is 9.03. The number of anilines is 1. The van der Waals surface area contributed by atoms with E-state index < -0.39 is 5.60 Å². The second kappa shape index (κ2) is 6.44. The standard InChI is InChI=1S/C19H28ClN3O2/c1-11(2)22-15-5-16(20)21-10-14(15)17(24)23-13-8-19(9-13)6-12(7-19)18(3,4)25/h5,10-13,25H,6-9H2,1-4H3,(H,21,22)(H,23,24). The highest BCUT2D eigenvalue weighted by atomic mass is 35.5. The van der Waals surface area contributed by atoms with Crippen molar-refractivity contribution in [1.29, 1.82) is 0 Å². The molecule has 1 amide bonds. The van der Waals surface area contributed by atoms with E-state index >= 15 is 0 Å². The van der Waals surface area contributed by atoms with E-state index in [0.29, 0.717) is 27.7 Å². The molecule has 2 aliphatic rings. The van der Waals surface area contributed by atoms with Gasteiger partial charge in [-0.05, 0) is 70.8 Å². The van der Waals surface area contributed by atoms with Crippen molar-refractivity contribution in [2.75, 3.05) is 5.32 Å². The van der Waals surface area contributed by atoms with Gasteiger partial charge in [0.2, 0.25) is 0 Å². The lowest BCUT2D eigenvalue weighted by molar-refractivity contribution is -0.127. The van der Waals surface area contributed by atoms with Crippen LogP contribution in [-0.2, 0) is 0 Å². The molecular weight excluding hydrogens is 338 g/mol. The molecule has 0 aromatic carbocycles. The van der Waals surface area contributed by atoms with E-state index in [-0.39, 0.29) is 18.0 Å². The number of aromatic nitrogens is 1. The van der Waals surface area contributed by atoms with Crippen molar-refractivity contribution in [3.63, 3.8) is 0 Å². The lowest BCUT2D eigenvalue weighted by Gasteiger charge is -2.60. The van der Waals surface area contributed by atoms with Crippen LogP contribution >= 0.6 is 11.6 Å². The third-order valence-corrected chi connectivity index (χ3v) is 5.82. The summed E-state index contributed by atoms with van der Waals surface area (Å²) in [6.45, 7) is 7.81. The minimum Gasteiger partial charge on any atom is -0.390 e. The van der Waals surface area contributed by atoms with Crippen LogP contribution in [0.25, 0.3) is 0 Å². The third kappa shape index (κ3) is 3.93. The van der Waals surface area contributed by atoms with Gasteiger partial charge in [-0.1, -0.05) is 11.6 Å². The molecule has 0 saturated heterocycles. The Balaban J connectivity index is 1.57. The molecule has 3 rings (SSSR count). The Bertz CT molecular complexity index is 655. The van der Waals surface area contributed by atoms with Crippen LogP contribution < -0.4 is 10.6 Å². The van der Waals surface area contributed by atoms with E-state index in [1.54, 1.807) is 6.07 Å². The number of amides is 1. The summed E-state index contributed by atoms with van der Waals surface area (Å²) in [6.07, 6.45) is 5.65. The molecule has 0 unspecified atom stereocenters. The molecule has 1 heterocycles. The first-order valence-corrected chi connectivity index (χ1v) is 9.41. The van der Waals surface area contributed by atoms with Crippen LogP contribution in [0.5, 0.6) is 0 Å². The van der Waals surface area contributed by atoms with Crippen molar-refractivity contribution in [1.82, 2.24) is 10.3 Å². The van der Waals surface area contributed by atoms with Crippen LogP contribution in [0.15, 0.2) is 12.3 Å². The quantitative estimate of drug-likeness (QED) is 0.697. The Morgan fingerprint density at radius 3 is 2.56 bits per heavy atom. The van der Waals surface area contributed by atoms with Crippen molar-refractivity contribution in [2.45, 2.75) is 71.1 Å². The molecule has 2 fully saturated rings. The first-order chi connectivity index (χ1) is 11.6. The lowest BCUT2D eigenvalue weighted by atomic mass is 9.47. The van der Waals surface area contributed by atoms with Crippen LogP contribution in [-0.4, -0.2) is 33.7 Å². The molecule has 3 N–H and O–H groups in total.